The van der Waals surface area contributed by atoms with Gasteiger partial charge in [0.05, 0.1) is 17.7 Å². The van der Waals surface area contributed by atoms with Crippen molar-refractivity contribution in [2.24, 2.45) is 4.99 Å². The zero-order valence-electron chi connectivity index (χ0n) is 14.6. The highest BCUT2D eigenvalue weighted by molar-refractivity contribution is 5.62. The zero-order valence-corrected chi connectivity index (χ0v) is 14.6. The van der Waals surface area contributed by atoms with E-state index in [1.165, 1.54) is 11.1 Å². The first kappa shape index (κ1) is 17.0. The number of benzene rings is 1. The third-order valence-electron chi connectivity index (χ3n) is 3.59. The predicted molar refractivity (Wildman–Crippen MR) is 95.7 cm³/mol. The molecule has 0 saturated heterocycles. The van der Waals surface area contributed by atoms with E-state index in [9.17, 15) is 0 Å². The van der Waals surface area contributed by atoms with E-state index in [4.69, 9.17) is 4.74 Å². The summed E-state index contributed by atoms with van der Waals surface area (Å²) in [6.45, 7) is 9.67. The van der Waals surface area contributed by atoms with Crippen LogP contribution in [0.3, 0.4) is 0 Å². The Hall–Kier alpha value is -2.36. The molecule has 2 rings (SSSR count). The van der Waals surface area contributed by atoms with Gasteiger partial charge >= 0.3 is 0 Å². The largest absolute Gasteiger partial charge is 0.473 e. The summed E-state index contributed by atoms with van der Waals surface area (Å²) in [6.07, 6.45) is 1.82. The van der Waals surface area contributed by atoms with Crippen LogP contribution in [0.1, 0.15) is 29.3 Å². The monoisotopic (exact) mass is 311 g/mol. The Morgan fingerprint density at radius 2 is 1.83 bits per heavy atom. The molecule has 0 bridgehead atoms. The Balaban J connectivity index is 2.04. The standard InChI is InChI=1S/C19H25N3O/c1-6-22(5)13-20-18-7-8-19(21-16(18)4)23-12-17-10-14(2)9-15(3)11-17/h7-11,13H,6,12H2,1-5H3. The fraction of sp³-hybridized carbons (Fsp3) is 0.368. The van der Waals surface area contributed by atoms with Crippen molar-refractivity contribution in [1.82, 2.24) is 9.88 Å². The molecule has 1 aromatic carbocycles. The maximum atomic E-state index is 5.81. The van der Waals surface area contributed by atoms with Gasteiger partial charge in [0.15, 0.2) is 0 Å². The molecule has 0 aliphatic rings. The molecular formula is C19H25N3O. The molecule has 0 unspecified atom stereocenters. The number of nitrogens with zero attached hydrogens (tertiary/aromatic N) is 3. The third kappa shape index (κ3) is 5.09. The molecule has 2 aromatic rings. The summed E-state index contributed by atoms with van der Waals surface area (Å²) < 4.78 is 5.81. The first-order valence-corrected chi connectivity index (χ1v) is 7.90. The molecule has 0 amide bonds. The highest BCUT2D eigenvalue weighted by Gasteiger charge is 2.03. The molecule has 0 aliphatic carbocycles. The fourth-order valence-electron chi connectivity index (χ4n) is 2.30. The van der Waals surface area contributed by atoms with Gasteiger partial charge in [0.25, 0.3) is 0 Å². The van der Waals surface area contributed by atoms with Crippen molar-refractivity contribution >= 4 is 12.0 Å². The SMILES string of the molecule is CCN(C)C=Nc1ccc(OCc2cc(C)cc(C)c2)nc1C. The second kappa shape index (κ2) is 7.77. The van der Waals surface area contributed by atoms with Crippen molar-refractivity contribution in [3.63, 3.8) is 0 Å². The van der Waals surface area contributed by atoms with Gasteiger partial charge in [0.1, 0.15) is 6.61 Å². The Kier molecular flexibility index (Phi) is 5.74. The van der Waals surface area contributed by atoms with Gasteiger partial charge in [-0.3, -0.25) is 0 Å². The van der Waals surface area contributed by atoms with E-state index in [1.54, 1.807) is 0 Å². The second-order valence-electron chi connectivity index (χ2n) is 5.86. The molecule has 0 N–H and O–H groups in total. The van der Waals surface area contributed by atoms with Crippen LogP contribution < -0.4 is 4.74 Å². The Morgan fingerprint density at radius 1 is 1.13 bits per heavy atom. The average molecular weight is 311 g/mol. The molecule has 4 nitrogen and oxygen atoms in total. The number of aliphatic imine (C=N–C) groups is 1. The van der Waals surface area contributed by atoms with Gasteiger partial charge in [-0.05, 0) is 39.3 Å². The van der Waals surface area contributed by atoms with Crippen molar-refractivity contribution in [3.8, 4) is 5.88 Å². The first-order chi connectivity index (χ1) is 11.0. The first-order valence-electron chi connectivity index (χ1n) is 7.90. The summed E-state index contributed by atoms with van der Waals surface area (Å²) >= 11 is 0. The molecule has 0 saturated carbocycles. The molecule has 0 aliphatic heterocycles. The van der Waals surface area contributed by atoms with Gasteiger partial charge in [-0.25, -0.2) is 9.98 Å². The summed E-state index contributed by atoms with van der Waals surface area (Å²) in [6, 6.07) is 10.2. The lowest BCUT2D eigenvalue weighted by Crippen LogP contribution is -2.14. The number of pyridine rings is 1. The number of hydrogen-bond donors (Lipinski definition) is 0. The van der Waals surface area contributed by atoms with Gasteiger partial charge in [0.2, 0.25) is 5.88 Å². The summed E-state index contributed by atoms with van der Waals surface area (Å²) in [5, 5.41) is 0. The predicted octanol–water partition coefficient (Wildman–Crippen LogP) is 4.20. The van der Waals surface area contributed by atoms with Gasteiger partial charge in [-0.1, -0.05) is 29.3 Å². The number of aryl methyl sites for hydroxylation is 3. The Labute approximate surface area is 138 Å². The van der Waals surface area contributed by atoms with Gasteiger partial charge in [0, 0.05) is 19.7 Å². The van der Waals surface area contributed by atoms with Crippen molar-refractivity contribution in [3.05, 3.63) is 52.7 Å². The lowest BCUT2D eigenvalue weighted by atomic mass is 10.1. The van der Waals surface area contributed by atoms with E-state index >= 15 is 0 Å². The molecule has 23 heavy (non-hydrogen) atoms. The fourth-order valence-corrected chi connectivity index (χ4v) is 2.30. The van der Waals surface area contributed by atoms with E-state index in [0.29, 0.717) is 12.5 Å². The minimum absolute atomic E-state index is 0.524. The Bertz CT molecular complexity index is 675. The van der Waals surface area contributed by atoms with Gasteiger partial charge < -0.3 is 9.64 Å². The van der Waals surface area contributed by atoms with Crippen LogP contribution in [0.2, 0.25) is 0 Å². The quantitative estimate of drug-likeness (QED) is 0.593. The second-order valence-corrected chi connectivity index (χ2v) is 5.86. The minimum atomic E-state index is 0.524. The molecule has 122 valence electrons. The van der Waals surface area contributed by atoms with E-state index < -0.39 is 0 Å². The molecule has 0 fully saturated rings. The van der Waals surface area contributed by atoms with Crippen LogP contribution in [-0.4, -0.2) is 29.8 Å². The highest BCUT2D eigenvalue weighted by Crippen LogP contribution is 2.20. The van der Waals surface area contributed by atoms with Crippen LogP contribution >= 0.6 is 0 Å². The van der Waals surface area contributed by atoms with Crippen molar-refractivity contribution in [1.29, 1.82) is 0 Å². The molecule has 1 aromatic heterocycles. The number of rotatable bonds is 6. The number of aromatic nitrogens is 1. The smallest absolute Gasteiger partial charge is 0.213 e. The van der Waals surface area contributed by atoms with E-state index in [1.807, 2.05) is 37.3 Å². The van der Waals surface area contributed by atoms with Crippen LogP contribution in [0.5, 0.6) is 5.88 Å². The summed E-state index contributed by atoms with van der Waals surface area (Å²) in [7, 11) is 1.99. The van der Waals surface area contributed by atoms with Gasteiger partial charge in [-0.15, -0.1) is 0 Å². The number of hydrogen-bond acceptors (Lipinski definition) is 3. The van der Waals surface area contributed by atoms with Crippen LogP contribution in [-0.2, 0) is 6.61 Å². The van der Waals surface area contributed by atoms with Crippen LogP contribution in [0.4, 0.5) is 5.69 Å². The van der Waals surface area contributed by atoms with Crippen molar-refractivity contribution < 1.29 is 4.74 Å². The molecular weight excluding hydrogens is 286 g/mol. The van der Waals surface area contributed by atoms with E-state index in [2.05, 4.69) is 48.9 Å². The summed E-state index contributed by atoms with van der Waals surface area (Å²) in [5.41, 5.74) is 5.39. The average Bonchev–Trinajstić information content (AvgIpc) is 2.50. The third-order valence-corrected chi connectivity index (χ3v) is 3.59. The topological polar surface area (TPSA) is 37.7 Å². The summed E-state index contributed by atoms with van der Waals surface area (Å²) in [4.78, 5) is 10.9. The van der Waals surface area contributed by atoms with Crippen LogP contribution in [0.25, 0.3) is 0 Å². The summed E-state index contributed by atoms with van der Waals surface area (Å²) in [5.74, 6) is 0.629. The van der Waals surface area contributed by atoms with Crippen molar-refractivity contribution in [2.45, 2.75) is 34.3 Å². The Morgan fingerprint density at radius 3 is 2.43 bits per heavy atom. The van der Waals surface area contributed by atoms with Crippen molar-refractivity contribution in [2.75, 3.05) is 13.6 Å². The minimum Gasteiger partial charge on any atom is -0.473 e. The normalized spacial score (nSPS) is 11.0. The van der Waals surface area contributed by atoms with Crippen LogP contribution in [0.15, 0.2) is 35.3 Å². The lowest BCUT2D eigenvalue weighted by molar-refractivity contribution is 0.293. The molecule has 0 spiro atoms. The van der Waals surface area contributed by atoms with Gasteiger partial charge in [-0.2, -0.15) is 0 Å². The number of ether oxygens (including phenoxy) is 1. The van der Waals surface area contributed by atoms with E-state index in [-0.39, 0.29) is 0 Å². The molecule has 0 radical (unpaired) electrons. The van der Waals surface area contributed by atoms with E-state index in [0.717, 1.165) is 23.5 Å². The molecule has 0 atom stereocenters. The maximum absolute atomic E-state index is 5.81. The maximum Gasteiger partial charge on any atom is 0.213 e. The lowest BCUT2D eigenvalue weighted by Gasteiger charge is -2.10. The highest BCUT2D eigenvalue weighted by atomic mass is 16.5. The molecule has 4 heteroatoms. The zero-order chi connectivity index (χ0) is 16.8. The van der Waals surface area contributed by atoms with Crippen LogP contribution in [0, 0.1) is 20.8 Å². The molecule has 1 heterocycles.